The molecule has 0 saturated carbocycles. The second-order valence-corrected chi connectivity index (χ2v) is 4.69. The third-order valence-electron chi connectivity index (χ3n) is 3.37. The first-order chi connectivity index (χ1) is 10.6. The van der Waals surface area contributed by atoms with Crippen LogP contribution in [0.25, 0.3) is 10.9 Å². The first-order valence-electron chi connectivity index (χ1n) is 6.80. The number of esters is 1. The number of para-hydroxylation sites is 1. The van der Waals surface area contributed by atoms with E-state index in [9.17, 15) is 4.79 Å². The van der Waals surface area contributed by atoms with Gasteiger partial charge in [0.2, 0.25) is 0 Å². The third-order valence-corrected chi connectivity index (χ3v) is 3.37. The van der Waals surface area contributed by atoms with Crippen LogP contribution in [0.15, 0.2) is 40.8 Å². The van der Waals surface area contributed by atoms with Gasteiger partial charge >= 0.3 is 5.97 Å². The predicted molar refractivity (Wildman–Crippen MR) is 82.9 cm³/mol. The zero-order chi connectivity index (χ0) is 15.7. The van der Waals surface area contributed by atoms with E-state index in [-0.39, 0.29) is 18.0 Å². The summed E-state index contributed by atoms with van der Waals surface area (Å²) in [6, 6.07) is 5.60. The van der Waals surface area contributed by atoms with Crippen LogP contribution < -0.4 is 16.4 Å². The number of ether oxygens (including phenoxy) is 1. The zero-order valence-electron chi connectivity index (χ0n) is 12.0. The molecule has 8 heteroatoms. The fraction of sp³-hybridized carbons (Fsp3) is 0.214. The molecule has 8 nitrogen and oxygen atoms in total. The summed E-state index contributed by atoms with van der Waals surface area (Å²) in [4.78, 5) is 17.7. The molecule has 114 valence electrons. The van der Waals surface area contributed by atoms with Crippen LogP contribution in [-0.4, -0.2) is 35.3 Å². The summed E-state index contributed by atoms with van der Waals surface area (Å²) in [6.45, 7) is 1.98. The van der Waals surface area contributed by atoms with Crippen LogP contribution in [0.4, 0.5) is 5.69 Å². The standard InChI is InChI=1S/C14H16N6O2/c1-2-22-13(21)9-7-17-14(16)20(12(9)15)10-5-3-4-8-6-18-19-11(8)10/h3-7,14H,2,15-16H2,1H3,(H,18,19). The summed E-state index contributed by atoms with van der Waals surface area (Å²) >= 11 is 0. The Labute approximate surface area is 126 Å². The molecule has 2 aromatic rings. The topological polar surface area (TPSA) is 123 Å². The number of hydrogen-bond acceptors (Lipinski definition) is 7. The van der Waals surface area contributed by atoms with Crippen molar-refractivity contribution in [3.8, 4) is 0 Å². The summed E-state index contributed by atoms with van der Waals surface area (Å²) in [5.74, 6) is -0.333. The van der Waals surface area contributed by atoms with E-state index in [1.807, 2.05) is 18.2 Å². The quantitative estimate of drug-likeness (QED) is 0.706. The van der Waals surface area contributed by atoms with Crippen LogP contribution in [0, 0.1) is 0 Å². The third kappa shape index (κ3) is 2.19. The number of carbonyl (C=O) groups excluding carboxylic acids is 1. The largest absolute Gasteiger partial charge is 0.462 e. The number of nitrogens with two attached hydrogens (primary N) is 2. The van der Waals surface area contributed by atoms with Crippen LogP contribution >= 0.6 is 0 Å². The Hall–Kier alpha value is -2.87. The summed E-state index contributed by atoms with van der Waals surface area (Å²) in [5.41, 5.74) is 13.8. The van der Waals surface area contributed by atoms with Gasteiger partial charge in [0.1, 0.15) is 11.4 Å². The molecule has 0 amide bonds. The number of H-pyrrole nitrogens is 1. The molecule has 3 rings (SSSR count). The van der Waals surface area contributed by atoms with Crippen LogP contribution in [-0.2, 0) is 9.53 Å². The minimum atomic E-state index is -0.730. The Morgan fingerprint density at radius 2 is 2.32 bits per heavy atom. The number of aliphatic imine (C=N–C) groups is 1. The number of aromatic amines is 1. The van der Waals surface area contributed by atoms with Crippen LogP contribution in [0.3, 0.4) is 0 Å². The number of nitrogens with zero attached hydrogens (tertiary/aromatic N) is 3. The molecule has 1 unspecified atom stereocenters. The number of rotatable bonds is 3. The molecule has 22 heavy (non-hydrogen) atoms. The van der Waals surface area contributed by atoms with Crippen molar-refractivity contribution >= 4 is 28.8 Å². The lowest BCUT2D eigenvalue weighted by Gasteiger charge is -2.32. The van der Waals surface area contributed by atoms with Gasteiger partial charge in [0.05, 0.1) is 24.0 Å². The molecule has 1 aromatic heterocycles. The Morgan fingerprint density at radius 1 is 1.50 bits per heavy atom. The van der Waals surface area contributed by atoms with Crippen molar-refractivity contribution in [2.75, 3.05) is 11.5 Å². The van der Waals surface area contributed by atoms with E-state index in [4.69, 9.17) is 16.2 Å². The molecule has 2 heterocycles. The Kier molecular flexibility index (Phi) is 3.51. The van der Waals surface area contributed by atoms with Gasteiger partial charge in [-0.1, -0.05) is 12.1 Å². The van der Waals surface area contributed by atoms with E-state index in [2.05, 4.69) is 15.2 Å². The second-order valence-electron chi connectivity index (χ2n) is 4.69. The highest BCUT2D eigenvalue weighted by molar-refractivity contribution is 6.11. The van der Waals surface area contributed by atoms with Crippen LogP contribution in [0.1, 0.15) is 6.92 Å². The van der Waals surface area contributed by atoms with Crippen molar-refractivity contribution in [2.24, 2.45) is 16.5 Å². The van der Waals surface area contributed by atoms with Crippen molar-refractivity contribution in [2.45, 2.75) is 13.2 Å². The number of carbonyl (C=O) groups is 1. The number of nitrogens with one attached hydrogen (secondary N) is 1. The molecule has 0 spiro atoms. The molecule has 1 aromatic carbocycles. The van der Waals surface area contributed by atoms with Crippen LogP contribution in [0.5, 0.6) is 0 Å². The summed E-state index contributed by atoms with van der Waals surface area (Å²) in [7, 11) is 0. The van der Waals surface area contributed by atoms with E-state index in [0.717, 1.165) is 10.9 Å². The summed E-state index contributed by atoms with van der Waals surface area (Å²) in [6.07, 6.45) is 2.32. The minimum absolute atomic E-state index is 0.181. The molecule has 0 radical (unpaired) electrons. The highest BCUT2D eigenvalue weighted by Crippen LogP contribution is 2.29. The van der Waals surface area contributed by atoms with Crippen molar-refractivity contribution in [1.29, 1.82) is 0 Å². The fourth-order valence-electron chi connectivity index (χ4n) is 2.35. The van der Waals surface area contributed by atoms with Gasteiger partial charge in [0.25, 0.3) is 0 Å². The first-order valence-corrected chi connectivity index (χ1v) is 6.80. The smallest absolute Gasteiger partial charge is 0.343 e. The van der Waals surface area contributed by atoms with Crippen molar-refractivity contribution in [3.05, 3.63) is 35.8 Å². The summed E-state index contributed by atoms with van der Waals surface area (Å²) in [5, 5.41) is 7.82. The van der Waals surface area contributed by atoms with Crippen molar-refractivity contribution in [3.63, 3.8) is 0 Å². The van der Waals surface area contributed by atoms with E-state index in [0.29, 0.717) is 5.69 Å². The molecule has 0 aliphatic carbocycles. The van der Waals surface area contributed by atoms with Gasteiger partial charge in [-0.15, -0.1) is 0 Å². The average Bonchev–Trinajstić information content (AvgIpc) is 2.96. The first kappa shape index (κ1) is 14.1. The normalized spacial score (nSPS) is 18.1. The molecular formula is C14H16N6O2. The Balaban J connectivity index is 2.10. The molecule has 1 atom stereocenters. The fourth-order valence-corrected chi connectivity index (χ4v) is 2.35. The average molecular weight is 300 g/mol. The Bertz CT molecular complexity index is 778. The molecular weight excluding hydrogens is 284 g/mol. The number of anilines is 1. The number of fused-ring (bicyclic) bond motifs is 1. The molecule has 0 bridgehead atoms. The van der Waals surface area contributed by atoms with E-state index < -0.39 is 12.3 Å². The lowest BCUT2D eigenvalue weighted by Crippen LogP contribution is -2.46. The molecule has 1 aliphatic heterocycles. The van der Waals surface area contributed by atoms with Gasteiger partial charge in [-0.05, 0) is 13.0 Å². The van der Waals surface area contributed by atoms with E-state index in [1.165, 1.54) is 6.21 Å². The highest BCUT2D eigenvalue weighted by atomic mass is 16.5. The molecule has 0 fully saturated rings. The SMILES string of the molecule is CCOC(=O)C1=C(N)N(c2cccc3cn[nH]c23)C(N)N=C1. The van der Waals surface area contributed by atoms with E-state index in [1.54, 1.807) is 18.0 Å². The van der Waals surface area contributed by atoms with Crippen molar-refractivity contribution in [1.82, 2.24) is 10.2 Å². The Morgan fingerprint density at radius 3 is 3.09 bits per heavy atom. The van der Waals surface area contributed by atoms with E-state index >= 15 is 0 Å². The maximum Gasteiger partial charge on any atom is 0.343 e. The van der Waals surface area contributed by atoms with Gasteiger partial charge in [-0.25, -0.2) is 4.79 Å². The van der Waals surface area contributed by atoms with Gasteiger partial charge in [-0.3, -0.25) is 20.7 Å². The molecule has 1 aliphatic rings. The summed E-state index contributed by atoms with van der Waals surface area (Å²) < 4.78 is 4.99. The lowest BCUT2D eigenvalue weighted by atomic mass is 10.1. The van der Waals surface area contributed by atoms with Gasteiger partial charge < -0.3 is 10.5 Å². The number of aromatic nitrogens is 2. The highest BCUT2D eigenvalue weighted by Gasteiger charge is 2.28. The zero-order valence-corrected chi connectivity index (χ0v) is 12.0. The number of hydrogen-bond donors (Lipinski definition) is 3. The van der Waals surface area contributed by atoms with Gasteiger partial charge in [0.15, 0.2) is 6.29 Å². The van der Waals surface area contributed by atoms with Gasteiger partial charge in [0, 0.05) is 11.6 Å². The molecule has 0 saturated heterocycles. The maximum absolute atomic E-state index is 12.0. The second kappa shape index (κ2) is 5.49. The molecule has 5 N–H and O–H groups in total. The lowest BCUT2D eigenvalue weighted by molar-refractivity contribution is -0.137. The predicted octanol–water partition coefficient (Wildman–Crippen LogP) is 0.429. The van der Waals surface area contributed by atoms with Crippen molar-refractivity contribution < 1.29 is 9.53 Å². The maximum atomic E-state index is 12.0. The minimum Gasteiger partial charge on any atom is -0.462 e. The van der Waals surface area contributed by atoms with Crippen LogP contribution in [0.2, 0.25) is 0 Å². The van der Waals surface area contributed by atoms with Gasteiger partial charge in [-0.2, -0.15) is 5.10 Å². The number of benzene rings is 1. The monoisotopic (exact) mass is 300 g/mol.